The third kappa shape index (κ3) is 3.84. The van der Waals surface area contributed by atoms with E-state index in [0.29, 0.717) is 6.04 Å². The van der Waals surface area contributed by atoms with E-state index in [1.807, 2.05) is 11.3 Å². The highest BCUT2D eigenvalue weighted by molar-refractivity contribution is 9.11. The van der Waals surface area contributed by atoms with E-state index < -0.39 is 0 Å². The van der Waals surface area contributed by atoms with Gasteiger partial charge in [-0.3, -0.25) is 0 Å². The predicted molar refractivity (Wildman–Crippen MR) is 73.9 cm³/mol. The molecule has 90 valence electrons. The van der Waals surface area contributed by atoms with Crippen molar-refractivity contribution in [1.82, 2.24) is 10.6 Å². The van der Waals surface area contributed by atoms with E-state index in [-0.39, 0.29) is 0 Å². The third-order valence-electron chi connectivity index (χ3n) is 3.08. The molecular weight excluding hydrogens is 284 g/mol. The highest BCUT2D eigenvalue weighted by Crippen LogP contribution is 2.21. The van der Waals surface area contributed by atoms with Gasteiger partial charge in [-0.1, -0.05) is 6.92 Å². The molecule has 2 nitrogen and oxygen atoms in total. The molecule has 16 heavy (non-hydrogen) atoms. The molecule has 0 spiro atoms. The van der Waals surface area contributed by atoms with E-state index in [9.17, 15) is 0 Å². The minimum absolute atomic E-state index is 0.659. The Labute approximate surface area is 110 Å². The van der Waals surface area contributed by atoms with Crippen LogP contribution in [-0.4, -0.2) is 19.1 Å². The summed E-state index contributed by atoms with van der Waals surface area (Å²) in [6, 6.07) is 4.95. The first-order valence-electron chi connectivity index (χ1n) is 5.92. The molecule has 2 atom stereocenters. The molecule has 4 heteroatoms. The topological polar surface area (TPSA) is 24.1 Å². The molecule has 0 radical (unpaired) electrons. The summed E-state index contributed by atoms with van der Waals surface area (Å²) >= 11 is 5.30. The molecular formula is C12H19BrN2S. The van der Waals surface area contributed by atoms with E-state index in [1.54, 1.807) is 0 Å². The van der Waals surface area contributed by atoms with Crippen molar-refractivity contribution in [1.29, 1.82) is 0 Å². The highest BCUT2D eigenvalue weighted by Gasteiger charge is 2.17. The summed E-state index contributed by atoms with van der Waals surface area (Å²) in [6.45, 7) is 5.60. The van der Waals surface area contributed by atoms with Crippen LogP contribution in [0.4, 0.5) is 0 Å². The first kappa shape index (κ1) is 12.6. The minimum atomic E-state index is 0.659. The molecule has 0 saturated carbocycles. The summed E-state index contributed by atoms with van der Waals surface area (Å²) in [5.41, 5.74) is 0. The molecule has 2 heterocycles. The number of halogens is 1. The Kier molecular flexibility index (Phi) is 4.82. The number of nitrogens with one attached hydrogen (secondary N) is 2. The molecule has 0 aliphatic carbocycles. The fourth-order valence-corrected chi connectivity index (χ4v) is 3.65. The van der Waals surface area contributed by atoms with E-state index in [4.69, 9.17) is 0 Å². The zero-order valence-electron chi connectivity index (χ0n) is 9.63. The van der Waals surface area contributed by atoms with Crippen LogP contribution < -0.4 is 10.6 Å². The summed E-state index contributed by atoms with van der Waals surface area (Å²) < 4.78 is 1.22. The third-order valence-corrected chi connectivity index (χ3v) is 4.70. The summed E-state index contributed by atoms with van der Waals surface area (Å²) in [5, 5.41) is 7.10. The molecule has 1 fully saturated rings. The van der Waals surface area contributed by atoms with Gasteiger partial charge in [0.25, 0.3) is 0 Å². The lowest BCUT2D eigenvalue weighted by Gasteiger charge is -2.28. The van der Waals surface area contributed by atoms with Gasteiger partial charge in [0.05, 0.1) is 3.79 Å². The Morgan fingerprint density at radius 1 is 1.56 bits per heavy atom. The SMILES string of the molecule is CC1CCNC(CNCc2ccc(Br)s2)C1. The normalized spacial score (nSPS) is 25.9. The fourth-order valence-electron chi connectivity index (χ4n) is 2.19. The van der Waals surface area contributed by atoms with Gasteiger partial charge in [0.1, 0.15) is 0 Å². The molecule has 1 aromatic rings. The molecule has 2 N–H and O–H groups in total. The Morgan fingerprint density at radius 3 is 3.12 bits per heavy atom. The van der Waals surface area contributed by atoms with Gasteiger partial charge in [-0.05, 0) is 53.4 Å². The number of hydrogen-bond acceptors (Lipinski definition) is 3. The number of hydrogen-bond donors (Lipinski definition) is 2. The maximum atomic E-state index is 3.57. The van der Waals surface area contributed by atoms with Gasteiger partial charge in [-0.25, -0.2) is 0 Å². The molecule has 1 aromatic heterocycles. The molecule has 1 saturated heterocycles. The number of thiophene rings is 1. The second-order valence-electron chi connectivity index (χ2n) is 4.62. The van der Waals surface area contributed by atoms with Crippen molar-refractivity contribution in [3.63, 3.8) is 0 Å². The van der Waals surface area contributed by atoms with Gasteiger partial charge in [-0.15, -0.1) is 11.3 Å². The second-order valence-corrected chi connectivity index (χ2v) is 7.16. The van der Waals surface area contributed by atoms with Crippen molar-refractivity contribution in [3.8, 4) is 0 Å². The Hall–Kier alpha value is 0.1000. The minimum Gasteiger partial charge on any atom is -0.313 e. The maximum Gasteiger partial charge on any atom is 0.0701 e. The van der Waals surface area contributed by atoms with Gasteiger partial charge in [0, 0.05) is 24.0 Å². The van der Waals surface area contributed by atoms with Crippen LogP contribution in [0.2, 0.25) is 0 Å². The summed E-state index contributed by atoms with van der Waals surface area (Å²) in [6.07, 6.45) is 2.63. The molecule has 1 aliphatic heterocycles. The predicted octanol–water partition coefficient (Wildman–Crippen LogP) is 2.99. The van der Waals surface area contributed by atoms with Gasteiger partial charge < -0.3 is 10.6 Å². The van der Waals surface area contributed by atoms with Crippen LogP contribution >= 0.6 is 27.3 Å². The Bertz CT molecular complexity index is 327. The van der Waals surface area contributed by atoms with Crippen LogP contribution in [0.25, 0.3) is 0 Å². The maximum absolute atomic E-state index is 3.57. The average Bonchev–Trinajstić information content (AvgIpc) is 2.64. The van der Waals surface area contributed by atoms with Crippen molar-refractivity contribution >= 4 is 27.3 Å². The number of piperidine rings is 1. The standard InChI is InChI=1S/C12H19BrN2S/c1-9-4-5-15-10(6-9)7-14-8-11-2-3-12(13)16-11/h2-3,9-10,14-15H,4-8H2,1H3. The van der Waals surface area contributed by atoms with E-state index >= 15 is 0 Å². The van der Waals surface area contributed by atoms with Crippen molar-refractivity contribution in [3.05, 3.63) is 20.8 Å². The van der Waals surface area contributed by atoms with Gasteiger partial charge in [-0.2, -0.15) is 0 Å². The van der Waals surface area contributed by atoms with Crippen LogP contribution in [-0.2, 0) is 6.54 Å². The van der Waals surface area contributed by atoms with Crippen molar-refractivity contribution in [2.45, 2.75) is 32.4 Å². The van der Waals surface area contributed by atoms with E-state index in [2.05, 4.69) is 45.6 Å². The first-order valence-corrected chi connectivity index (χ1v) is 7.53. The lowest BCUT2D eigenvalue weighted by molar-refractivity contribution is 0.311. The van der Waals surface area contributed by atoms with Crippen LogP contribution in [0.15, 0.2) is 15.9 Å². The molecule has 0 bridgehead atoms. The Balaban J connectivity index is 1.67. The van der Waals surface area contributed by atoms with Gasteiger partial charge in [0.2, 0.25) is 0 Å². The van der Waals surface area contributed by atoms with Crippen molar-refractivity contribution < 1.29 is 0 Å². The lowest BCUT2D eigenvalue weighted by Crippen LogP contribution is -2.43. The first-order chi connectivity index (χ1) is 7.74. The van der Waals surface area contributed by atoms with Crippen LogP contribution in [0.5, 0.6) is 0 Å². The summed E-state index contributed by atoms with van der Waals surface area (Å²) in [4.78, 5) is 1.40. The van der Waals surface area contributed by atoms with Crippen LogP contribution in [0.1, 0.15) is 24.6 Å². The van der Waals surface area contributed by atoms with E-state index in [1.165, 1.54) is 28.0 Å². The second kappa shape index (κ2) is 6.15. The Morgan fingerprint density at radius 2 is 2.44 bits per heavy atom. The van der Waals surface area contributed by atoms with Crippen molar-refractivity contribution in [2.75, 3.05) is 13.1 Å². The monoisotopic (exact) mass is 302 g/mol. The molecule has 1 aliphatic rings. The van der Waals surface area contributed by atoms with Crippen molar-refractivity contribution in [2.24, 2.45) is 5.92 Å². The smallest absolute Gasteiger partial charge is 0.0701 e. The molecule has 0 amide bonds. The largest absolute Gasteiger partial charge is 0.313 e. The van der Waals surface area contributed by atoms with Crippen LogP contribution in [0, 0.1) is 5.92 Å². The quantitative estimate of drug-likeness (QED) is 0.893. The van der Waals surface area contributed by atoms with Crippen LogP contribution in [0.3, 0.4) is 0 Å². The molecule has 2 rings (SSSR count). The molecule has 2 unspecified atom stereocenters. The lowest BCUT2D eigenvalue weighted by atomic mass is 9.94. The zero-order valence-corrected chi connectivity index (χ0v) is 12.0. The zero-order chi connectivity index (χ0) is 11.4. The average molecular weight is 303 g/mol. The van der Waals surface area contributed by atoms with Gasteiger partial charge in [0.15, 0.2) is 0 Å². The van der Waals surface area contributed by atoms with Gasteiger partial charge >= 0.3 is 0 Å². The van der Waals surface area contributed by atoms with E-state index in [0.717, 1.165) is 19.0 Å². The molecule has 0 aromatic carbocycles. The number of rotatable bonds is 4. The summed E-state index contributed by atoms with van der Waals surface area (Å²) in [5.74, 6) is 0.879. The fraction of sp³-hybridized carbons (Fsp3) is 0.667. The highest BCUT2D eigenvalue weighted by atomic mass is 79.9. The summed E-state index contributed by atoms with van der Waals surface area (Å²) in [7, 11) is 0.